The number of likely N-dealkylation sites (tertiary alicyclic amines) is 1. The Labute approximate surface area is 378 Å². The number of aromatic nitrogens is 2. The van der Waals surface area contributed by atoms with Gasteiger partial charge in [-0.25, -0.2) is 14.8 Å². The van der Waals surface area contributed by atoms with Crippen molar-refractivity contribution in [1.29, 1.82) is 0 Å². The number of hydrogen-bond acceptors (Lipinski definition) is 12. The van der Waals surface area contributed by atoms with Crippen molar-refractivity contribution >= 4 is 73.1 Å². The van der Waals surface area contributed by atoms with Crippen molar-refractivity contribution in [1.82, 2.24) is 25.5 Å². The van der Waals surface area contributed by atoms with Crippen LogP contribution in [0.4, 0.5) is 9.93 Å². The zero-order valence-corrected chi connectivity index (χ0v) is 38.9. The Morgan fingerprint density at radius 3 is 2.42 bits per heavy atom. The Morgan fingerprint density at radius 2 is 1.81 bits per heavy atom. The van der Waals surface area contributed by atoms with Crippen molar-refractivity contribution in [2.24, 2.45) is 17.3 Å². The third-order valence-electron chi connectivity index (χ3n) is 10.7. The number of halogens is 1. The number of ether oxygens (including phenoxy) is 3. The molecule has 6 rings (SSSR count). The monoisotopic (exact) mass is 904 g/mol. The summed E-state index contributed by atoms with van der Waals surface area (Å²) in [5.74, 6) is -2.75. The Bertz CT molecular complexity index is 2100. The molecule has 1 saturated heterocycles. The van der Waals surface area contributed by atoms with Gasteiger partial charge in [-0.2, -0.15) is 0 Å². The fourth-order valence-electron chi connectivity index (χ4n) is 7.50. The van der Waals surface area contributed by atoms with Gasteiger partial charge in [-0.1, -0.05) is 40.7 Å². The van der Waals surface area contributed by atoms with Crippen LogP contribution in [0, 0.1) is 17.3 Å². The van der Waals surface area contributed by atoms with E-state index in [0.717, 1.165) is 25.7 Å². The number of anilines is 1. The second-order valence-electron chi connectivity index (χ2n) is 16.7. The summed E-state index contributed by atoms with van der Waals surface area (Å²) >= 11 is 4.87. The molecule has 15 nitrogen and oxygen atoms in total. The summed E-state index contributed by atoms with van der Waals surface area (Å²) in [4.78, 5) is 77.5. The summed E-state index contributed by atoms with van der Waals surface area (Å²) < 4.78 is 18.5. The van der Waals surface area contributed by atoms with Gasteiger partial charge in [0.25, 0.3) is 0 Å². The number of aliphatic carboxylic acids is 1. The van der Waals surface area contributed by atoms with E-state index in [1.165, 1.54) is 29.4 Å². The van der Waals surface area contributed by atoms with Crippen molar-refractivity contribution in [3.8, 4) is 22.9 Å². The van der Waals surface area contributed by atoms with E-state index in [0.29, 0.717) is 43.4 Å². The molecule has 3 heterocycles. The number of carbonyl (C=O) groups is 5. The van der Waals surface area contributed by atoms with Gasteiger partial charge in [0, 0.05) is 35.1 Å². The van der Waals surface area contributed by atoms with Gasteiger partial charge < -0.3 is 45.0 Å². The van der Waals surface area contributed by atoms with Gasteiger partial charge >= 0.3 is 35.7 Å². The maximum absolute atomic E-state index is 14.6. The Morgan fingerprint density at radius 1 is 1.10 bits per heavy atom. The van der Waals surface area contributed by atoms with E-state index in [1.54, 1.807) is 37.4 Å². The van der Waals surface area contributed by atoms with Crippen molar-refractivity contribution in [3.63, 3.8) is 0 Å². The van der Waals surface area contributed by atoms with Gasteiger partial charge in [-0.05, 0) is 72.0 Å². The predicted molar refractivity (Wildman–Crippen MR) is 219 cm³/mol. The van der Waals surface area contributed by atoms with Crippen molar-refractivity contribution in [3.05, 3.63) is 40.7 Å². The molecule has 3 aliphatic rings. The van der Waals surface area contributed by atoms with E-state index in [4.69, 9.17) is 19.2 Å². The zero-order chi connectivity index (χ0) is 42.1. The normalized spacial score (nSPS) is 22.0. The van der Waals surface area contributed by atoms with E-state index in [1.807, 2.05) is 20.8 Å². The minimum atomic E-state index is -1.65. The number of methoxy groups -OCH3 is 1. The quantitative estimate of drug-likeness (QED) is 0.159. The Balaban J connectivity index is 0.00000661. The molecule has 1 aliphatic heterocycles. The number of nitrogens with zero attached hydrogens (tertiary/aromatic N) is 3. The molecule has 312 valence electrons. The maximum atomic E-state index is 14.6. The minimum Gasteiger partial charge on any atom is -0.548 e. The third-order valence-corrected chi connectivity index (χ3v) is 12.2. The number of rotatable bonds is 14. The number of amides is 4. The number of carbonyl (C=O) groups excluding carboxylic acids is 5. The average molecular weight is 906 g/mol. The van der Waals surface area contributed by atoms with Crippen LogP contribution in [0.25, 0.3) is 22.3 Å². The summed E-state index contributed by atoms with van der Waals surface area (Å²) in [6.45, 7) is 13.0. The summed E-state index contributed by atoms with van der Waals surface area (Å²) in [6, 6.07) is 3.01. The molecule has 2 aromatic heterocycles. The number of hydrogen-bond donors (Lipinski definition) is 3. The summed E-state index contributed by atoms with van der Waals surface area (Å²) in [5.41, 5.74) is -0.688. The number of fused-ring (bicyclic) bond motifs is 1. The number of carboxylic acid groups (broad SMARTS) is 1. The fourth-order valence-corrected chi connectivity index (χ4v) is 8.80. The standard InChI is InChI=1S/C41H51BrN6O9S.Na/c1-8-22-17-41(22,37(52)53)47-35(50)29-15-24(19-48(29)36(51)27(18-40(4,5)6)45-39(54)57-23-11-9-10-12-23)56-31-16-26(28-20-58-38(44-28)46-34(49)21(2)3)43-33-25(31)13-14-30(55-7)32(33)42;/h8,13-14,16,20-24,27,29H,1,9-12,15,17-19H2,2-7H3,(H,45,54)(H,47,50)(H,52,53)(H,44,46,49);/q;+1/p-1/t22?,24-,27?,29?,41?;/m0./s1. The van der Waals surface area contributed by atoms with Crippen molar-refractivity contribution < 1.29 is 72.8 Å². The molecule has 0 bridgehead atoms. The minimum absolute atomic E-state index is 0. The Kier molecular flexibility index (Phi) is 14.8. The smallest absolute Gasteiger partial charge is 0.548 e. The molecular weight excluding hydrogens is 855 g/mol. The molecular formula is C41H50BrN6NaO9S. The van der Waals surface area contributed by atoms with Crippen LogP contribution in [-0.4, -0.2) is 88.1 Å². The van der Waals surface area contributed by atoms with E-state index >= 15 is 0 Å². The molecule has 0 spiro atoms. The van der Waals surface area contributed by atoms with Crippen molar-refractivity contribution in [2.75, 3.05) is 19.0 Å². The molecule has 18 heteroatoms. The number of alkyl carbamates (subject to hydrolysis) is 1. The molecule has 5 atom stereocenters. The van der Waals surface area contributed by atoms with Crippen LogP contribution in [0.1, 0.15) is 79.6 Å². The molecule has 2 aliphatic carbocycles. The van der Waals surface area contributed by atoms with Gasteiger partial charge in [-0.3, -0.25) is 14.4 Å². The summed E-state index contributed by atoms with van der Waals surface area (Å²) in [7, 11) is 1.53. The van der Waals surface area contributed by atoms with E-state index < -0.39 is 58.9 Å². The molecule has 0 radical (unpaired) electrons. The molecule has 3 aromatic rings. The molecule has 4 unspecified atom stereocenters. The second-order valence-corrected chi connectivity index (χ2v) is 18.4. The first kappa shape index (κ1) is 46.3. The Hall–Kier alpha value is -3.77. The van der Waals surface area contributed by atoms with Crippen LogP contribution in [0.2, 0.25) is 0 Å². The number of thiazole rings is 1. The molecule has 3 fully saturated rings. The first-order valence-corrected chi connectivity index (χ1v) is 21.1. The predicted octanol–water partition coefficient (Wildman–Crippen LogP) is 2.36. The fraction of sp³-hybridized carbons (Fsp3) is 0.537. The first-order valence-electron chi connectivity index (χ1n) is 19.5. The number of carboxylic acids is 1. The largest absolute Gasteiger partial charge is 1.00 e. The van der Waals surface area contributed by atoms with Crippen LogP contribution in [-0.2, 0) is 23.9 Å². The molecule has 2 saturated carbocycles. The average Bonchev–Trinajstić information content (AvgIpc) is 3.57. The van der Waals surface area contributed by atoms with E-state index in [-0.39, 0.29) is 73.3 Å². The van der Waals surface area contributed by atoms with Gasteiger partial charge in [0.2, 0.25) is 17.7 Å². The summed E-state index contributed by atoms with van der Waals surface area (Å²) in [5, 5.41) is 23.3. The van der Waals surface area contributed by atoms with Gasteiger partial charge in [0.15, 0.2) is 5.13 Å². The van der Waals surface area contributed by atoms with Gasteiger partial charge in [-0.15, -0.1) is 17.9 Å². The maximum Gasteiger partial charge on any atom is 1.00 e. The second kappa shape index (κ2) is 18.9. The third kappa shape index (κ3) is 10.6. The SMILES string of the molecule is C=CC1CC1(NC(=O)C1C[C@H](Oc2cc(-c3csc(NC(=O)C(C)C)n3)nc3c(Br)c(OC)ccc23)CN1C(=O)C(CC(C)(C)C)NC(=O)OC1CCCC1)C(=O)[O-].[Na+]. The zero-order valence-electron chi connectivity index (χ0n) is 34.5. The molecule has 4 amide bonds. The van der Waals surface area contributed by atoms with Gasteiger partial charge in [0.1, 0.15) is 41.5 Å². The van der Waals surface area contributed by atoms with Crippen LogP contribution >= 0.6 is 27.3 Å². The van der Waals surface area contributed by atoms with Crippen molar-refractivity contribution in [2.45, 2.75) is 109 Å². The molecule has 1 aromatic carbocycles. The van der Waals surface area contributed by atoms with Gasteiger partial charge in [0.05, 0.1) is 40.8 Å². The van der Waals surface area contributed by atoms with Crippen LogP contribution in [0.5, 0.6) is 11.5 Å². The molecule has 59 heavy (non-hydrogen) atoms. The van der Waals surface area contributed by atoms with Crippen LogP contribution in [0.3, 0.4) is 0 Å². The topological polar surface area (TPSA) is 201 Å². The first-order chi connectivity index (χ1) is 27.4. The van der Waals surface area contributed by atoms with E-state index in [9.17, 15) is 29.1 Å². The van der Waals surface area contributed by atoms with Crippen LogP contribution in [0.15, 0.2) is 40.7 Å². The van der Waals surface area contributed by atoms with E-state index in [2.05, 4.69) is 43.4 Å². The van der Waals surface area contributed by atoms with Crippen LogP contribution < -0.4 is 60.1 Å². The number of nitrogens with one attached hydrogen (secondary N) is 3. The number of benzene rings is 1. The number of pyridine rings is 1. The summed E-state index contributed by atoms with van der Waals surface area (Å²) in [6.07, 6.45) is 3.47. The molecule has 3 N–H and O–H groups in total.